The number of carbonyl (C=O) groups is 1. The molecule has 0 spiro atoms. The second kappa shape index (κ2) is 7.10. The fourth-order valence-corrected chi connectivity index (χ4v) is 2.19. The van der Waals surface area contributed by atoms with Crippen molar-refractivity contribution in [1.29, 1.82) is 0 Å². The number of pyridine rings is 1. The van der Waals surface area contributed by atoms with Gasteiger partial charge in [-0.05, 0) is 42.5 Å². The number of benzene rings is 2. The van der Waals surface area contributed by atoms with Gasteiger partial charge in [0.15, 0.2) is 0 Å². The van der Waals surface area contributed by atoms with E-state index >= 15 is 0 Å². The average Bonchev–Trinajstić information content (AvgIpc) is 2.57. The zero-order valence-corrected chi connectivity index (χ0v) is 13.1. The number of hydrogen-bond acceptors (Lipinski definition) is 3. The second-order valence-corrected chi connectivity index (χ2v) is 5.29. The van der Waals surface area contributed by atoms with E-state index in [9.17, 15) is 9.18 Å². The summed E-state index contributed by atoms with van der Waals surface area (Å²) in [7, 11) is 0. The molecule has 0 aliphatic heterocycles. The van der Waals surface area contributed by atoms with Crippen LogP contribution in [-0.2, 0) is 0 Å². The summed E-state index contributed by atoms with van der Waals surface area (Å²) < 4.78 is 19.5. The molecule has 0 saturated carbocycles. The predicted molar refractivity (Wildman–Crippen MR) is 90.1 cm³/mol. The van der Waals surface area contributed by atoms with E-state index in [1.807, 2.05) is 18.2 Å². The molecule has 0 aliphatic carbocycles. The lowest BCUT2D eigenvalue weighted by Crippen LogP contribution is -2.14. The minimum Gasteiger partial charge on any atom is -0.437 e. The van der Waals surface area contributed by atoms with Gasteiger partial charge in [-0.1, -0.05) is 29.8 Å². The molecule has 0 saturated heterocycles. The molecule has 3 aromatic rings. The third-order valence-corrected chi connectivity index (χ3v) is 3.39. The number of carbonyl (C=O) groups excluding carboxylic acids is 1. The van der Waals surface area contributed by atoms with Crippen molar-refractivity contribution in [3.05, 3.63) is 83.3 Å². The Kier molecular flexibility index (Phi) is 4.72. The first kappa shape index (κ1) is 16.0. The number of anilines is 1. The molecule has 0 fully saturated rings. The first-order valence-corrected chi connectivity index (χ1v) is 7.45. The van der Waals surface area contributed by atoms with Crippen LogP contribution in [0.4, 0.5) is 10.1 Å². The van der Waals surface area contributed by atoms with Gasteiger partial charge >= 0.3 is 0 Å². The largest absolute Gasteiger partial charge is 0.437 e. The van der Waals surface area contributed by atoms with Crippen LogP contribution in [0.1, 0.15) is 10.4 Å². The van der Waals surface area contributed by atoms with Crippen molar-refractivity contribution in [2.75, 3.05) is 5.32 Å². The van der Waals surface area contributed by atoms with Crippen LogP contribution in [-0.4, -0.2) is 10.9 Å². The van der Waals surface area contributed by atoms with E-state index in [0.29, 0.717) is 11.4 Å². The maximum Gasteiger partial charge on any atom is 0.258 e. The molecule has 3 rings (SSSR count). The molecule has 6 heteroatoms. The van der Waals surface area contributed by atoms with Crippen molar-refractivity contribution >= 4 is 23.2 Å². The lowest BCUT2D eigenvalue weighted by molar-refractivity contribution is 0.102. The van der Waals surface area contributed by atoms with Gasteiger partial charge < -0.3 is 10.1 Å². The van der Waals surface area contributed by atoms with Gasteiger partial charge in [0.05, 0.1) is 5.56 Å². The number of para-hydroxylation sites is 1. The van der Waals surface area contributed by atoms with E-state index in [2.05, 4.69) is 10.3 Å². The van der Waals surface area contributed by atoms with Crippen LogP contribution in [0.5, 0.6) is 11.6 Å². The Morgan fingerprint density at radius 3 is 2.62 bits per heavy atom. The van der Waals surface area contributed by atoms with Crippen molar-refractivity contribution < 1.29 is 13.9 Å². The minimum absolute atomic E-state index is 0.117. The van der Waals surface area contributed by atoms with E-state index in [1.54, 1.807) is 24.3 Å². The quantitative estimate of drug-likeness (QED) is 0.732. The van der Waals surface area contributed by atoms with Crippen LogP contribution in [0.3, 0.4) is 0 Å². The van der Waals surface area contributed by atoms with Crippen molar-refractivity contribution in [2.45, 2.75) is 0 Å². The highest BCUT2D eigenvalue weighted by Crippen LogP contribution is 2.27. The maximum atomic E-state index is 13.9. The topological polar surface area (TPSA) is 51.2 Å². The molecule has 1 amide bonds. The Bertz CT molecular complexity index is 872. The first-order chi connectivity index (χ1) is 11.6. The number of nitrogens with one attached hydrogen (secondary N) is 1. The Morgan fingerprint density at radius 2 is 1.88 bits per heavy atom. The van der Waals surface area contributed by atoms with E-state index in [4.69, 9.17) is 16.3 Å². The number of amides is 1. The van der Waals surface area contributed by atoms with Crippen molar-refractivity contribution in [2.24, 2.45) is 0 Å². The van der Waals surface area contributed by atoms with E-state index in [1.165, 1.54) is 18.3 Å². The highest BCUT2D eigenvalue weighted by atomic mass is 35.5. The zero-order chi connectivity index (χ0) is 16.9. The molecule has 1 heterocycles. The second-order valence-electron chi connectivity index (χ2n) is 4.85. The zero-order valence-electron chi connectivity index (χ0n) is 12.4. The molecule has 1 N–H and O–H groups in total. The van der Waals surface area contributed by atoms with Gasteiger partial charge in [0.25, 0.3) is 5.91 Å². The highest BCUT2D eigenvalue weighted by Gasteiger charge is 2.15. The molecule has 24 heavy (non-hydrogen) atoms. The summed E-state index contributed by atoms with van der Waals surface area (Å²) in [4.78, 5) is 16.4. The number of nitrogens with zero attached hydrogens (tertiary/aromatic N) is 1. The normalized spacial score (nSPS) is 10.2. The summed E-state index contributed by atoms with van der Waals surface area (Å²) in [6, 6.07) is 16.1. The summed E-state index contributed by atoms with van der Waals surface area (Å²) in [5, 5.41) is 2.82. The molecular weight excluding hydrogens is 331 g/mol. The van der Waals surface area contributed by atoms with Crippen molar-refractivity contribution in [1.82, 2.24) is 4.98 Å². The molecule has 0 unspecified atom stereocenters. The SMILES string of the molecule is O=C(Nc1cccnc1Oc1ccccc1)c1ccc(Cl)cc1F. The number of ether oxygens (including phenoxy) is 1. The third kappa shape index (κ3) is 3.70. The molecular formula is C18H12ClFN2O2. The Balaban J connectivity index is 1.84. The van der Waals surface area contributed by atoms with Crippen LogP contribution >= 0.6 is 11.6 Å². The number of rotatable bonds is 4. The number of hydrogen-bond donors (Lipinski definition) is 1. The molecule has 0 bridgehead atoms. The van der Waals surface area contributed by atoms with Crippen LogP contribution < -0.4 is 10.1 Å². The summed E-state index contributed by atoms with van der Waals surface area (Å²) in [5.41, 5.74) is 0.217. The van der Waals surface area contributed by atoms with Crippen molar-refractivity contribution in [3.63, 3.8) is 0 Å². The smallest absolute Gasteiger partial charge is 0.258 e. The molecule has 120 valence electrons. The fourth-order valence-electron chi connectivity index (χ4n) is 2.03. The molecule has 4 nitrogen and oxygen atoms in total. The van der Waals surface area contributed by atoms with Crippen LogP contribution in [0.2, 0.25) is 5.02 Å². The third-order valence-electron chi connectivity index (χ3n) is 3.15. The molecule has 0 radical (unpaired) electrons. The molecule has 1 aromatic heterocycles. The lowest BCUT2D eigenvalue weighted by atomic mass is 10.2. The van der Waals surface area contributed by atoms with Gasteiger partial charge in [-0.2, -0.15) is 0 Å². The Morgan fingerprint density at radius 1 is 1.08 bits per heavy atom. The van der Waals surface area contributed by atoms with E-state index in [0.717, 1.165) is 6.07 Å². The van der Waals surface area contributed by atoms with Crippen molar-refractivity contribution in [3.8, 4) is 11.6 Å². The Labute approximate surface area is 142 Å². The molecule has 0 aliphatic rings. The van der Waals surface area contributed by atoms with Gasteiger partial charge in [-0.3, -0.25) is 4.79 Å². The summed E-state index contributed by atoms with van der Waals surface area (Å²) >= 11 is 5.70. The van der Waals surface area contributed by atoms with E-state index in [-0.39, 0.29) is 16.5 Å². The standard InChI is InChI=1S/C18H12ClFN2O2/c19-12-8-9-14(15(20)11-12)17(23)22-16-7-4-10-21-18(16)24-13-5-2-1-3-6-13/h1-11H,(H,22,23). The molecule has 2 aromatic carbocycles. The lowest BCUT2D eigenvalue weighted by Gasteiger charge is -2.11. The number of aromatic nitrogens is 1. The monoisotopic (exact) mass is 342 g/mol. The van der Waals surface area contributed by atoms with Crippen LogP contribution in [0, 0.1) is 5.82 Å². The summed E-state index contributed by atoms with van der Waals surface area (Å²) in [5.74, 6) is -0.528. The average molecular weight is 343 g/mol. The summed E-state index contributed by atoms with van der Waals surface area (Å²) in [6.07, 6.45) is 1.54. The van der Waals surface area contributed by atoms with Gasteiger partial charge in [0.1, 0.15) is 17.3 Å². The Hall–Kier alpha value is -2.92. The van der Waals surface area contributed by atoms with Crippen LogP contribution in [0.15, 0.2) is 66.9 Å². The van der Waals surface area contributed by atoms with Gasteiger partial charge in [0, 0.05) is 11.2 Å². The van der Waals surface area contributed by atoms with Crippen LogP contribution in [0.25, 0.3) is 0 Å². The van der Waals surface area contributed by atoms with Gasteiger partial charge in [-0.25, -0.2) is 9.37 Å². The fraction of sp³-hybridized carbons (Fsp3) is 0. The predicted octanol–water partition coefficient (Wildman–Crippen LogP) is 4.92. The maximum absolute atomic E-state index is 13.9. The summed E-state index contributed by atoms with van der Waals surface area (Å²) in [6.45, 7) is 0. The van der Waals surface area contributed by atoms with Gasteiger partial charge in [-0.15, -0.1) is 0 Å². The van der Waals surface area contributed by atoms with Gasteiger partial charge in [0.2, 0.25) is 5.88 Å². The highest BCUT2D eigenvalue weighted by molar-refractivity contribution is 6.30. The van der Waals surface area contributed by atoms with E-state index < -0.39 is 11.7 Å². The number of halogens is 2. The molecule has 0 atom stereocenters. The first-order valence-electron chi connectivity index (χ1n) is 7.08. The minimum atomic E-state index is -0.700.